The van der Waals surface area contributed by atoms with Crippen LogP contribution >= 0.6 is 0 Å². The number of carboxylic acids is 1. The number of nitrogens with zero attached hydrogens (tertiary/aromatic N) is 6. The van der Waals surface area contributed by atoms with Crippen LogP contribution in [0.5, 0.6) is 0 Å². The zero-order valence-corrected chi connectivity index (χ0v) is 20.9. The molecular formula is C26H30F2N6O3. The van der Waals surface area contributed by atoms with Crippen molar-refractivity contribution in [3.05, 3.63) is 58.0 Å². The Morgan fingerprint density at radius 1 is 1.24 bits per heavy atom. The molecule has 3 aromatic rings. The molecule has 0 amide bonds. The van der Waals surface area contributed by atoms with Gasteiger partial charge in [0.15, 0.2) is 5.82 Å². The number of hydrogen-bond acceptors (Lipinski definition) is 6. The molecule has 1 atom stereocenters. The number of aliphatic carboxylic acids is 1. The molecule has 1 aliphatic carbocycles. The zero-order chi connectivity index (χ0) is 26.3. The van der Waals surface area contributed by atoms with E-state index in [0.29, 0.717) is 41.7 Å². The summed E-state index contributed by atoms with van der Waals surface area (Å²) in [6.07, 6.45) is 7.08. The Morgan fingerprint density at radius 2 is 2.03 bits per heavy atom. The average molecular weight is 513 g/mol. The van der Waals surface area contributed by atoms with E-state index in [-0.39, 0.29) is 18.5 Å². The SMILES string of the molecule is CCc1nc(-c2cnn(C)c2Cn2cc(C3CC3)ccc2=O)ncc1N1C[C@@H](CC(=O)O)CC(F)(F)C1. The summed E-state index contributed by atoms with van der Waals surface area (Å²) in [5.41, 5.74) is 3.55. The van der Waals surface area contributed by atoms with E-state index in [9.17, 15) is 18.4 Å². The molecule has 5 rings (SSSR count). The fourth-order valence-electron chi connectivity index (χ4n) is 5.17. The highest BCUT2D eigenvalue weighted by Crippen LogP contribution is 2.39. The fraction of sp³-hybridized carbons (Fsp3) is 0.500. The fourth-order valence-corrected chi connectivity index (χ4v) is 5.17. The van der Waals surface area contributed by atoms with Gasteiger partial charge in [-0.15, -0.1) is 0 Å². The molecule has 2 fully saturated rings. The highest BCUT2D eigenvalue weighted by atomic mass is 19.3. The zero-order valence-electron chi connectivity index (χ0n) is 20.9. The van der Waals surface area contributed by atoms with Crippen LogP contribution in [0.3, 0.4) is 0 Å². The number of halogens is 2. The van der Waals surface area contributed by atoms with Gasteiger partial charge in [-0.25, -0.2) is 18.7 Å². The highest BCUT2D eigenvalue weighted by molar-refractivity contribution is 5.67. The van der Waals surface area contributed by atoms with Gasteiger partial charge in [0.05, 0.1) is 54.5 Å². The second-order valence-corrected chi connectivity index (χ2v) is 10.1. The lowest BCUT2D eigenvalue weighted by Gasteiger charge is -2.38. The number of carboxylic acid groups (broad SMARTS) is 1. The summed E-state index contributed by atoms with van der Waals surface area (Å²) in [4.78, 5) is 34.5. The minimum absolute atomic E-state index is 0.107. The summed E-state index contributed by atoms with van der Waals surface area (Å²) < 4.78 is 32.3. The van der Waals surface area contributed by atoms with Crippen molar-refractivity contribution in [2.75, 3.05) is 18.0 Å². The lowest BCUT2D eigenvalue weighted by Crippen LogP contribution is -2.48. The van der Waals surface area contributed by atoms with E-state index in [1.165, 1.54) is 11.1 Å². The van der Waals surface area contributed by atoms with Crippen LogP contribution in [0.4, 0.5) is 14.5 Å². The maximum absolute atomic E-state index is 14.5. The molecule has 1 aliphatic heterocycles. The lowest BCUT2D eigenvalue weighted by atomic mass is 9.92. The number of hydrogen-bond donors (Lipinski definition) is 1. The molecule has 196 valence electrons. The monoisotopic (exact) mass is 512 g/mol. The highest BCUT2D eigenvalue weighted by Gasteiger charge is 2.41. The second kappa shape index (κ2) is 9.68. The number of piperidine rings is 1. The van der Waals surface area contributed by atoms with E-state index in [0.717, 1.165) is 24.1 Å². The molecule has 0 spiro atoms. The van der Waals surface area contributed by atoms with Crippen molar-refractivity contribution in [2.45, 2.75) is 57.4 Å². The van der Waals surface area contributed by atoms with Crippen LogP contribution in [-0.2, 0) is 24.8 Å². The Bertz CT molecular complexity index is 1380. The number of rotatable bonds is 8. The molecule has 0 aromatic carbocycles. The maximum atomic E-state index is 14.5. The van der Waals surface area contributed by atoms with Gasteiger partial charge in [0.2, 0.25) is 0 Å². The van der Waals surface area contributed by atoms with E-state index in [1.54, 1.807) is 28.6 Å². The van der Waals surface area contributed by atoms with E-state index < -0.39 is 30.8 Å². The summed E-state index contributed by atoms with van der Waals surface area (Å²) in [6, 6.07) is 3.48. The van der Waals surface area contributed by atoms with E-state index >= 15 is 0 Å². The summed E-state index contributed by atoms with van der Waals surface area (Å²) in [6.45, 7) is 1.89. The van der Waals surface area contributed by atoms with Crippen LogP contribution in [0.25, 0.3) is 11.4 Å². The first-order valence-electron chi connectivity index (χ1n) is 12.6. The Hall–Kier alpha value is -3.63. The predicted molar refractivity (Wildman–Crippen MR) is 133 cm³/mol. The Labute approximate surface area is 212 Å². The van der Waals surface area contributed by atoms with Crippen molar-refractivity contribution in [3.8, 4) is 11.4 Å². The largest absolute Gasteiger partial charge is 0.481 e. The third-order valence-corrected chi connectivity index (χ3v) is 7.15. The number of pyridine rings is 1. The molecule has 3 aromatic heterocycles. The third-order valence-electron chi connectivity index (χ3n) is 7.15. The van der Waals surface area contributed by atoms with Crippen LogP contribution in [0.2, 0.25) is 0 Å². The minimum atomic E-state index is -3.00. The molecule has 37 heavy (non-hydrogen) atoms. The Morgan fingerprint density at radius 3 is 2.73 bits per heavy atom. The van der Waals surface area contributed by atoms with Crippen molar-refractivity contribution >= 4 is 11.7 Å². The van der Waals surface area contributed by atoms with Crippen molar-refractivity contribution in [1.82, 2.24) is 24.3 Å². The van der Waals surface area contributed by atoms with E-state index in [4.69, 9.17) is 10.1 Å². The first-order valence-corrected chi connectivity index (χ1v) is 12.6. The molecule has 4 heterocycles. The van der Waals surface area contributed by atoms with Gasteiger partial charge in [-0.1, -0.05) is 13.0 Å². The van der Waals surface area contributed by atoms with Crippen LogP contribution in [0, 0.1) is 5.92 Å². The van der Waals surface area contributed by atoms with E-state index in [2.05, 4.69) is 10.1 Å². The number of alkyl halides is 2. The molecule has 1 N–H and O–H groups in total. The maximum Gasteiger partial charge on any atom is 0.303 e. The summed E-state index contributed by atoms with van der Waals surface area (Å²) >= 11 is 0. The smallest absolute Gasteiger partial charge is 0.303 e. The third kappa shape index (κ3) is 5.40. The van der Waals surface area contributed by atoms with Gasteiger partial charge in [0, 0.05) is 32.3 Å². The van der Waals surface area contributed by atoms with Crippen LogP contribution in [0.15, 0.2) is 35.5 Å². The quantitative estimate of drug-likeness (QED) is 0.493. The molecule has 2 aliphatic rings. The molecule has 0 unspecified atom stereocenters. The van der Waals surface area contributed by atoms with Crippen molar-refractivity contribution < 1.29 is 18.7 Å². The molecule has 1 saturated heterocycles. The Kier molecular flexibility index (Phi) is 6.55. The summed E-state index contributed by atoms with van der Waals surface area (Å²) in [5.74, 6) is -3.84. The number of aryl methyl sites for hydroxylation is 2. The van der Waals surface area contributed by atoms with Gasteiger partial charge in [-0.05, 0) is 36.7 Å². The second-order valence-electron chi connectivity index (χ2n) is 10.1. The van der Waals surface area contributed by atoms with Crippen LogP contribution < -0.4 is 10.5 Å². The van der Waals surface area contributed by atoms with Gasteiger partial charge in [0.1, 0.15) is 0 Å². The summed E-state index contributed by atoms with van der Waals surface area (Å²) in [5, 5.41) is 13.5. The average Bonchev–Trinajstić information content (AvgIpc) is 3.62. The first-order chi connectivity index (χ1) is 17.6. The molecule has 0 radical (unpaired) electrons. The molecule has 9 nitrogen and oxygen atoms in total. The van der Waals surface area contributed by atoms with Gasteiger partial charge >= 0.3 is 5.97 Å². The minimum Gasteiger partial charge on any atom is -0.481 e. The van der Waals surface area contributed by atoms with Gasteiger partial charge in [-0.3, -0.25) is 14.3 Å². The van der Waals surface area contributed by atoms with E-state index in [1.807, 2.05) is 19.2 Å². The van der Waals surface area contributed by atoms with Crippen molar-refractivity contribution in [3.63, 3.8) is 0 Å². The van der Waals surface area contributed by atoms with Crippen LogP contribution in [-0.4, -0.2) is 54.4 Å². The topological polar surface area (TPSA) is 106 Å². The molecule has 1 saturated carbocycles. The normalized spacial score (nSPS) is 19.2. The number of carbonyl (C=O) groups is 1. The number of anilines is 1. The van der Waals surface area contributed by atoms with Crippen molar-refractivity contribution in [2.24, 2.45) is 13.0 Å². The van der Waals surface area contributed by atoms with Crippen molar-refractivity contribution in [1.29, 1.82) is 0 Å². The predicted octanol–water partition coefficient (Wildman–Crippen LogP) is 3.46. The van der Waals surface area contributed by atoms with Gasteiger partial charge in [0.25, 0.3) is 11.5 Å². The Balaban J connectivity index is 1.45. The molecular weight excluding hydrogens is 482 g/mol. The lowest BCUT2D eigenvalue weighted by molar-refractivity contribution is -0.139. The first kappa shape index (κ1) is 25.0. The summed E-state index contributed by atoms with van der Waals surface area (Å²) in [7, 11) is 1.79. The van der Waals surface area contributed by atoms with Crippen LogP contribution in [0.1, 0.15) is 55.5 Å². The van der Waals surface area contributed by atoms with Gasteiger partial charge in [-0.2, -0.15) is 5.10 Å². The van der Waals surface area contributed by atoms with Gasteiger partial charge < -0.3 is 14.6 Å². The standard InChI is InChI=1S/C26H30F2N6O3/c1-3-20-21(34-12-16(8-24(36)37)9-26(27,28)15-34)11-29-25(31-20)19-10-30-32(2)22(19)14-33-13-18(17-4-5-17)6-7-23(33)35/h6-7,10-11,13,16-17H,3-5,8-9,12,14-15H2,1-2H3,(H,36,37)/t16-/m0/s1. The molecule has 11 heteroatoms. The molecule has 0 bridgehead atoms. The number of aromatic nitrogens is 5.